The predicted octanol–water partition coefficient (Wildman–Crippen LogP) is 5.19. The minimum absolute atomic E-state index is 0.235. The fraction of sp³-hybridized carbons (Fsp3) is 0.100. The number of carbonyl (C=O) groups excluding carboxylic acids is 1. The van der Waals surface area contributed by atoms with E-state index in [1.807, 2.05) is 13.0 Å². The van der Waals surface area contributed by atoms with Crippen LogP contribution >= 0.6 is 11.6 Å². The summed E-state index contributed by atoms with van der Waals surface area (Å²) < 4.78 is 18.5. The highest BCUT2D eigenvalue weighted by molar-refractivity contribution is 6.31. The summed E-state index contributed by atoms with van der Waals surface area (Å²) in [5.74, 6) is 0.286. The maximum absolute atomic E-state index is 13.2. The molecule has 0 radical (unpaired) electrons. The normalized spacial score (nSPS) is 10.4. The Labute approximate surface area is 161 Å². The van der Waals surface area contributed by atoms with Crippen LogP contribution in [0.15, 0.2) is 54.7 Å². The number of nitrogens with one attached hydrogen (secondary N) is 2. The van der Waals surface area contributed by atoms with E-state index in [-0.39, 0.29) is 5.56 Å². The lowest BCUT2D eigenvalue weighted by atomic mass is 10.2. The van der Waals surface area contributed by atoms with Gasteiger partial charge in [-0.2, -0.15) is 0 Å². The van der Waals surface area contributed by atoms with Crippen LogP contribution < -0.4 is 15.4 Å². The van der Waals surface area contributed by atoms with Crippen LogP contribution in [0.4, 0.5) is 21.6 Å². The van der Waals surface area contributed by atoms with Gasteiger partial charge in [0.05, 0.1) is 24.7 Å². The number of methoxy groups -OCH3 is 1. The molecule has 3 aromatic rings. The summed E-state index contributed by atoms with van der Waals surface area (Å²) in [5, 5.41) is 6.44. The molecule has 0 spiro atoms. The monoisotopic (exact) mass is 385 g/mol. The quantitative estimate of drug-likeness (QED) is 0.634. The number of halogens is 2. The van der Waals surface area contributed by atoms with Gasteiger partial charge < -0.3 is 15.4 Å². The second-order valence-corrected chi connectivity index (χ2v) is 6.23. The molecule has 7 heteroatoms. The standard InChI is InChI=1S/C20H17ClFN3O2/c1-12-8-17(18(27-2)10-16(12)21)25-19-7-6-15(11-23-19)24-20(26)13-4-3-5-14(22)9-13/h3-11H,1-2H3,(H,23,25)(H,24,26). The molecule has 5 nitrogen and oxygen atoms in total. The van der Waals surface area contributed by atoms with Crippen LogP contribution in [0.2, 0.25) is 5.02 Å². The number of anilines is 3. The summed E-state index contributed by atoms with van der Waals surface area (Å²) in [6, 6.07) is 12.5. The summed E-state index contributed by atoms with van der Waals surface area (Å²) in [4.78, 5) is 16.4. The van der Waals surface area contributed by atoms with Crippen molar-refractivity contribution in [1.29, 1.82) is 0 Å². The van der Waals surface area contributed by atoms with Gasteiger partial charge in [0.2, 0.25) is 0 Å². The third-order valence-electron chi connectivity index (χ3n) is 3.85. The fourth-order valence-corrected chi connectivity index (χ4v) is 2.60. The van der Waals surface area contributed by atoms with Crippen LogP contribution in [0.3, 0.4) is 0 Å². The topological polar surface area (TPSA) is 63.2 Å². The second-order valence-electron chi connectivity index (χ2n) is 5.82. The summed E-state index contributed by atoms with van der Waals surface area (Å²) in [6.45, 7) is 1.89. The molecule has 0 aliphatic heterocycles. The molecule has 2 N–H and O–H groups in total. The third-order valence-corrected chi connectivity index (χ3v) is 4.26. The molecule has 0 atom stereocenters. The van der Waals surface area contributed by atoms with Gasteiger partial charge in [0.25, 0.3) is 5.91 Å². The SMILES string of the molecule is COc1cc(Cl)c(C)cc1Nc1ccc(NC(=O)c2cccc(F)c2)cn1. The third kappa shape index (κ3) is 4.54. The molecule has 1 heterocycles. The molecule has 0 fully saturated rings. The zero-order valence-corrected chi connectivity index (χ0v) is 15.5. The summed E-state index contributed by atoms with van der Waals surface area (Å²) in [7, 11) is 1.56. The Kier molecular flexibility index (Phi) is 5.57. The van der Waals surface area contributed by atoms with Crippen molar-refractivity contribution in [2.45, 2.75) is 6.92 Å². The lowest BCUT2D eigenvalue weighted by Crippen LogP contribution is -2.12. The van der Waals surface area contributed by atoms with E-state index in [2.05, 4.69) is 15.6 Å². The van der Waals surface area contributed by atoms with Crippen molar-refractivity contribution in [2.24, 2.45) is 0 Å². The molecule has 2 aromatic carbocycles. The first kappa shape index (κ1) is 18.7. The van der Waals surface area contributed by atoms with Crippen LogP contribution in [0, 0.1) is 12.7 Å². The van der Waals surface area contributed by atoms with Gasteiger partial charge in [-0.25, -0.2) is 9.37 Å². The van der Waals surface area contributed by atoms with Crippen molar-refractivity contribution in [3.63, 3.8) is 0 Å². The predicted molar refractivity (Wildman–Crippen MR) is 105 cm³/mol. The number of ether oxygens (including phenoxy) is 1. The molecule has 1 aromatic heterocycles. The molecule has 3 rings (SSSR count). The summed E-state index contributed by atoms with van der Waals surface area (Å²) in [5.41, 5.74) is 2.36. The largest absolute Gasteiger partial charge is 0.495 e. The van der Waals surface area contributed by atoms with Crippen LogP contribution in [-0.2, 0) is 0 Å². The number of hydrogen-bond donors (Lipinski definition) is 2. The van der Waals surface area contributed by atoms with E-state index in [1.54, 1.807) is 25.3 Å². The molecule has 0 saturated carbocycles. The van der Waals surface area contributed by atoms with Gasteiger partial charge in [-0.1, -0.05) is 17.7 Å². The van der Waals surface area contributed by atoms with Gasteiger partial charge in [-0.15, -0.1) is 0 Å². The first-order valence-electron chi connectivity index (χ1n) is 8.10. The van der Waals surface area contributed by atoms with Crippen LogP contribution in [-0.4, -0.2) is 18.0 Å². The van der Waals surface area contributed by atoms with Crippen LogP contribution in [0.25, 0.3) is 0 Å². The van der Waals surface area contributed by atoms with E-state index in [0.717, 1.165) is 11.3 Å². The maximum atomic E-state index is 13.2. The van der Waals surface area contributed by atoms with Crippen molar-refractivity contribution in [3.8, 4) is 5.75 Å². The molecule has 0 unspecified atom stereocenters. The van der Waals surface area contributed by atoms with Crippen molar-refractivity contribution < 1.29 is 13.9 Å². The van der Waals surface area contributed by atoms with Crippen molar-refractivity contribution >= 4 is 34.7 Å². The molecule has 0 aliphatic carbocycles. The van der Waals surface area contributed by atoms with E-state index >= 15 is 0 Å². The number of aromatic nitrogens is 1. The van der Waals surface area contributed by atoms with Crippen molar-refractivity contribution in [1.82, 2.24) is 4.98 Å². The van der Waals surface area contributed by atoms with Crippen molar-refractivity contribution in [2.75, 3.05) is 17.7 Å². The molecular formula is C20H17ClFN3O2. The highest BCUT2D eigenvalue weighted by atomic mass is 35.5. The molecule has 0 saturated heterocycles. The average Bonchev–Trinajstić information content (AvgIpc) is 2.66. The van der Waals surface area contributed by atoms with E-state index in [4.69, 9.17) is 16.3 Å². The van der Waals surface area contributed by atoms with Gasteiger partial charge in [0.15, 0.2) is 0 Å². The Morgan fingerprint density at radius 3 is 2.67 bits per heavy atom. The average molecular weight is 386 g/mol. The van der Waals surface area contributed by atoms with Gasteiger partial charge in [0, 0.05) is 16.7 Å². The number of nitrogens with zero attached hydrogens (tertiary/aromatic N) is 1. The number of amides is 1. The molecule has 138 valence electrons. The van der Waals surface area contributed by atoms with E-state index in [0.29, 0.717) is 22.3 Å². The van der Waals surface area contributed by atoms with E-state index in [1.165, 1.54) is 30.5 Å². The summed E-state index contributed by atoms with van der Waals surface area (Å²) in [6.07, 6.45) is 1.51. The second kappa shape index (κ2) is 8.05. The molecular weight excluding hydrogens is 369 g/mol. The Morgan fingerprint density at radius 1 is 1.19 bits per heavy atom. The highest BCUT2D eigenvalue weighted by Gasteiger charge is 2.10. The smallest absolute Gasteiger partial charge is 0.255 e. The Balaban J connectivity index is 1.72. The number of hydrogen-bond acceptors (Lipinski definition) is 4. The van der Waals surface area contributed by atoms with E-state index < -0.39 is 11.7 Å². The first-order valence-corrected chi connectivity index (χ1v) is 8.48. The number of rotatable bonds is 5. The summed E-state index contributed by atoms with van der Waals surface area (Å²) >= 11 is 6.11. The minimum Gasteiger partial charge on any atom is -0.495 e. The van der Waals surface area contributed by atoms with Gasteiger partial charge in [0.1, 0.15) is 17.4 Å². The Bertz CT molecular complexity index is 977. The number of pyridine rings is 1. The Morgan fingerprint density at radius 2 is 2.00 bits per heavy atom. The highest BCUT2D eigenvalue weighted by Crippen LogP contribution is 2.32. The number of carbonyl (C=O) groups is 1. The lowest BCUT2D eigenvalue weighted by Gasteiger charge is -2.13. The van der Waals surface area contributed by atoms with Crippen molar-refractivity contribution in [3.05, 3.63) is 76.7 Å². The van der Waals surface area contributed by atoms with Crippen LogP contribution in [0.1, 0.15) is 15.9 Å². The van der Waals surface area contributed by atoms with E-state index in [9.17, 15) is 9.18 Å². The molecule has 1 amide bonds. The first-order chi connectivity index (χ1) is 13.0. The molecule has 0 bridgehead atoms. The Hall–Kier alpha value is -3.12. The zero-order chi connectivity index (χ0) is 19.4. The van der Waals surface area contributed by atoms with Gasteiger partial charge in [-0.05, 0) is 48.9 Å². The van der Waals surface area contributed by atoms with Gasteiger partial charge in [-0.3, -0.25) is 4.79 Å². The molecule has 27 heavy (non-hydrogen) atoms. The zero-order valence-electron chi connectivity index (χ0n) is 14.7. The lowest BCUT2D eigenvalue weighted by molar-refractivity contribution is 0.102. The fourth-order valence-electron chi connectivity index (χ4n) is 2.44. The number of aryl methyl sites for hydroxylation is 1. The minimum atomic E-state index is -0.465. The molecule has 0 aliphatic rings. The van der Waals surface area contributed by atoms with Crippen LogP contribution in [0.5, 0.6) is 5.75 Å². The van der Waals surface area contributed by atoms with Gasteiger partial charge >= 0.3 is 0 Å². The number of benzene rings is 2. The maximum Gasteiger partial charge on any atom is 0.255 e.